The molecule has 1 aliphatic heterocycles. The number of nitrogens with two attached hydrogens (primary N) is 1. The maximum Gasteiger partial charge on any atom is 0.405 e. The second-order valence-corrected chi connectivity index (χ2v) is 7.38. The number of nitrogens with one attached hydrogen (secondary N) is 1. The molecular weight excluding hydrogens is 312 g/mol. The summed E-state index contributed by atoms with van der Waals surface area (Å²) < 4.78 is 35.5. The molecule has 0 aromatic heterocycles. The number of sulfonamides is 1. The van der Waals surface area contributed by atoms with Crippen molar-refractivity contribution in [1.29, 1.82) is 0 Å². The first kappa shape index (κ1) is 16.4. The molecule has 1 heterocycles. The van der Waals surface area contributed by atoms with Gasteiger partial charge in [-0.05, 0) is 26.0 Å². The molecule has 1 amide bonds. The van der Waals surface area contributed by atoms with Gasteiger partial charge in [0.25, 0.3) is 0 Å². The highest BCUT2D eigenvalue weighted by Gasteiger charge is 2.45. The molecule has 4 N–H and O–H groups in total. The quantitative estimate of drug-likeness (QED) is 0.749. The lowest BCUT2D eigenvalue weighted by Gasteiger charge is -2.41. The predicted molar refractivity (Wildman–Crippen MR) is 79.0 cm³/mol. The smallest absolute Gasteiger partial charge is 0.405 e. The van der Waals surface area contributed by atoms with Crippen LogP contribution in [0.4, 0.5) is 10.5 Å². The fourth-order valence-electron chi connectivity index (χ4n) is 2.27. The molecule has 22 heavy (non-hydrogen) atoms. The number of amides is 1. The van der Waals surface area contributed by atoms with Gasteiger partial charge in [-0.15, -0.1) is 0 Å². The molecule has 122 valence electrons. The summed E-state index contributed by atoms with van der Waals surface area (Å²) in [5.41, 5.74) is 4.70. The Morgan fingerprint density at radius 3 is 2.64 bits per heavy atom. The summed E-state index contributed by atoms with van der Waals surface area (Å²) in [7, 11) is -3.44. The van der Waals surface area contributed by atoms with E-state index in [1.165, 1.54) is 18.2 Å². The van der Waals surface area contributed by atoms with E-state index < -0.39 is 33.9 Å². The Bertz CT molecular complexity index is 700. The van der Waals surface area contributed by atoms with Gasteiger partial charge in [-0.2, -0.15) is 0 Å². The number of primary amides is 1. The third kappa shape index (κ3) is 3.42. The van der Waals surface area contributed by atoms with Gasteiger partial charge in [0.2, 0.25) is 10.0 Å². The van der Waals surface area contributed by atoms with Crippen molar-refractivity contribution >= 4 is 21.8 Å². The largest absolute Gasteiger partial charge is 0.484 e. The number of ether oxygens (including phenoxy) is 2. The van der Waals surface area contributed by atoms with Crippen LogP contribution in [0, 0.1) is 0 Å². The van der Waals surface area contributed by atoms with Crippen molar-refractivity contribution in [3.63, 3.8) is 0 Å². The van der Waals surface area contributed by atoms with Crippen molar-refractivity contribution in [2.45, 2.75) is 31.7 Å². The monoisotopic (exact) mass is 330 g/mol. The number of hydrogen-bond donors (Lipinski definition) is 3. The highest BCUT2D eigenvalue weighted by atomic mass is 32.2. The molecule has 1 aromatic rings. The first-order chi connectivity index (χ1) is 9.99. The maximum absolute atomic E-state index is 11.3. The lowest BCUT2D eigenvalue weighted by molar-refractivity contribution is -0.112. The standard InChI is InChI=1S/C13H18N2O6S/c1-13(2)11(16)10(20-12(14)17)8-5-4-7(6-9(8)21-13)15-22(3,18)19/h4-6,10-11,15-16H,1-3H3,(H2,14,17)/t10-,11?/m0/s1. The van der Waals surface area contributed by atoms with Crippen LogP contribution in [-0.2, 0) is 14.8 Å². The average Bonchev–Trinajstić information content (AvgIpc) is 2.32. The van der Waals surface area contributed by atoms with E-state index >= 15 is 0 Å². The molecule has 1 aromatic carbocycles. The van der Waals surface area contributed by atoms with E-state index in [1.54, 1.807) is 13.8 Å². The van der Waals surface area contributed by atoms with E-state index in [0.29, 0.717) is 17.0 Å². The second kappa shape index (κ2) is 5.33. The predicted octanol–water partition coefficient (Wildman–Crippen LogP) is 0.726. The Balaban J connectivity index is 2.45. The van der Waals surface area contributed by atoms with Gasteiger partial charge in [0.15, 0.2) is 6.10 Å². The van der Waals surface area contributed by atoms with Gasteiger partial charge in [0.1, 0.15) is 17.5 Å². The molecule has 0 saturated carbocycles. The molecule has 0 aliphatic carbocycles. The zero-order chi connectivity index (χ0) is 16.7. The van der Waals surface area contributed by atoms with Crippen LogP contribution in [0.3, 0.4) is 0 Å². The minimum Gasteiger partial charge on any atom is -0.484 e. The maximum atomic E-state index is 11.3. The molecule has 8 nitrogen and oxygen atoms in total. The summed E-state index contributed by atoms with van der Waals surface area (Å²) in [4.78, 5) is 11.0. The van der Waals surface area contributed by atoms with Crippen LogP contribution < -0.4 is 15.2 Å². The molecule has 2 rings (SSSR count). The zero-order valence-electron chi connectivity index (χ0n) is 12.4. The van der Waals surface area contributed by atoms with Gasteiger partial charge in [-0.1, -0.05) is 0 Å². The van der Waals surface area contributed by atoms with Crippen LogP contribution in [0.25, 0.3) is 0 Å². The van der Waals surface area contributed by atoms with E-state index in [-0.39, 0.29) is 0 Å². The van der Waals surface area contributed by atoms with Crippen LogP contribution in [0.5, 0.6) is 5.75 Å². The normalized spacial score (nSPS) is 23.1. The summed E-state index contributed by atoms with van der Waals surface area (Å²) in [5.74, 6) is 0.301. The van der Waals surface area contributed by atoms with Gasteiger partial charge in [-0.3, -0.25) is 4.72 Å². The molecule has 0 bridgehead atoms. The van der Waals surface area contributed by atoms with E-state index in [4.69, 9.17) is 15.2 Å². The van der Waals surface area contributed by atoms with Crippen molar-refractivity contribution in [3.8, 4) is 5.75 Å². The number of carbonyl (C=O) groups is 1. The van der Waals surface area contributed by atoms with Gasteiger partial charge in [-0.25, -0.2) is 13.2 Å². The van der Waals surface area contributed by atoms with E-state index in [1.807, 2.05) is 0 Å². The van der Waals surface area contributed by atoms with Crippen molar-refractivity contribution in [1.82, 2.24) is 0 Å². The van der Waals surface area contributed by atoms with Crippen LogP contribution in [-0.4, -0.2) is 37.6 Å². The van der Waals surface area contributed by atoms with Crippen LogP contribution in [0.15, 0.2) is 18.2 Å². The van der Waals surface area contributed by atoms with E-state index in [9.17, 15) is 18.3 Å². The molecule has 1 aliphatic rings. The topological polar surface area (TPSA) is 128 Å². The number of fused-ring (bicyclic) bond motifs is 1. The summed E-state index contributed by atoms with van der Waals surface area (Å²) in [6.45, 7) is 3.24. The summed E-state index contributed by atoms with van der Waals surface area (Å²) in [6.07, 6.45) is -2.12. The molecule has 0 spiro atoms. The Kier molecular flexibility index (Phi) is 3.96. The second-order valence-electron chi connectivity index (χ2n) is 5.63. The van der Waals surface area contributed by atoms with Crippen LogP contribution in [0.1, 0.15) is 25.5 Å². The zero-order valence-corrected chi connectivity index (χ0v) is 13.2. The molecule has 0 fully saturated rings. The summed E-state index contributed by atoms with van der Waals surface area (Å²) >= 11 is 0. The number of anilines is 1. The van der Waals surface area contributed by atoms with Crippen molar-refractivity contribution < 1.29 is 27.8 Å². The highest BCUT2D eigenvalue weighted by Crippen LogP contribution is 2.42. The van der Waals surface area contributed by atoms with Gasteiger partial charge in [0.05, 0.1) is 11.9 Å². The molecule has 9 heteroatoms. The Labute approximate surface area is 128 Å². The number of benzene rings is 1. The fraction of sp³-hybridized carbons (Fsp3) is 0.462. The first-order valence-corrected chi connectivity index (χ1v) is 8.33. The SMILES string of the molecule is CC1(C)Oc2cc(NS(C)(=O)=O)ccc2[C@H](OC(N)=O)C1O. The van der Waals surface area contributed by atoms with Gasteiger partial charge in [0, 0.05) is 11.6 Å². The third-order valence-electron chi connectivity index (χ3n) is 3.24. The van der Waals surface area contributed by atoms with Crippen LogP contribution in [0.2, 0.25) is 0 Å². The van der Waals surface area contributed by atoms with Crippen molar-refractivity contribution in [2.24, 2.45) is 5.73 Å². The summed E-state index contributed by atoms with van der Waals surface area (Å²) in [5, 5.41) is 10.3. The lowest BCUT2D eigenvalue weighted by Crippen LogP contribution is -2.50. The number of aliphatic hydroxyl groups excluding tert-OH is 1. The average molecular weight is 330 g/mol. The molecule has 0 radical (unpaired) electrons. The van der Waals surface area contributed by atoms with Crippen LogP contribution >= 0.6 is 0 Å². The fourth-order valence-corrected chi connectivity index (χ4v) is 2.82. The van der Waals surface area contributed by atoms with E-state index in [0.717, 1.165) is 6.26 Å². The first-order valence-electron chi connectivity index (χ1n) is 6.44. The molecule has 1 unspecified atom stereocenters. The number of aliphatic hydroxyl groups is 1. The van der Waals surface area contributed by atoms with Crippen molar-refractivity contribution in [2.75, 3.05) is 11.0 Å². The Morgan fingerprint density at radius 1 is 1.45 bits per heavy atom. The lowest BCUT2D eigenvalue weighted by atomic mass is 9.88. The molecule has 0 saturated heterocycles. The van der Waals surface area contributed by atoms with Crippen molar-refractivity contribution in [3.05, 3.63) is 23.8 Å². The van der Waals surface area contributed by atoms with Gasteiger partial charge < -0.3 is 20.3 Å². The number of rotatable bonds is 3. The molecular formula is C13H18N2O6S. The number of carbonyl (C=O) groups excluding carboxylic acids is 1. The number of hydrogen-bond acceptors (Lipinski definition) is 6. The minimum absolute atomic E-state index is 0.297. The van der Waals surface area contributed by atoms with E-state index in [2.05, 4.69) is 4.72 Å². The minimum atomic E-state index is -3.44. The third-order valence-corrected chi connectivity index (χ3v) is 3.85. The Hall–Kier alpha value is -2.00. The Morgan fingerprint density at radius 2 is 2.09 bits per heavy atom. The van der Waals surface area contributed by atoms with Gasteiger partial charge >= 0.3 is 6.09 Å². The molecule has 2 atom stereocenters. The summed E-state index contributed by atoms with van der Waals surface area (Å²) in [6, 6.07) is 4.45. The highest BCUT2D eigenvalue weighted by molar-refractivity contribution is 7.92.